The van der Waals surface area contributed by atoms with E-state index in [0.717, 1.165) is 25.7 Å². The summed E-state index contributed by atoms with van der Waals surface area (Å²) in [5, 5.41) is 0. The Morgan fingerprint density at radius 2 is 1.90 bits per heavy atom. The Bertz CT molecular complexity index is 93.7. The van der Waals surface area contributed by atoms with Crippen LogP contribution < -0.4 is 0 Å². The van der Waals surface area contributed by atoms with Gasteiger partial charge in [-0.05, 0) is 12.8 Å². The minimum Gasteiger partial charge on any atom is -0.380 e. The first-order valence-corrected chi connectivity index (χ1v) is 3.69. The molecular weight excluding hydrogens is 137 g/mol. The number of rotatable bonds is 3. The molecule has 0 amide bonds. The molecule has 0 radical (unpaired) electrons. The molecule has 0 atom stereocenters. The Balaban J connectivity index is 2.01. The lowest BCUT2D eigenvalue weighted by atomic mass is 10.0. The van der Waals surface area contributed by atoms with E-state index in [4.69, 9.17) is 4.74 Å². The van der Waals surface area contributed by atoms with Crippen molar-refractivity contribution in [3.8, 4) is 0 Å². The summed E-state index contributed by atoms with van der Waals surface area (Å²) in [7, 11) is -2.31. The number of halogens is 2. The number of hydrogen-bond acceptors (Lipinski definition) is 1. The molecule has 0 bridgehead atoms. The van der Waals surface area contributed by atoms with Gasteiger partial charge in [-0.15, -0.1) is 0 Å². The van der Waals surface area contributed by atoms with E-state index in [1.807, 2.05) is 0 Å². The van der Waals surface area contributed by atoms with Crippen LogP contribution in [0.15, 0.2) is 0 Å². The molecule has 0 unspecified atom stereocenters. The fourth-order valence-corrected chi connectivity index (χ4v) is 1.26. The van der Waals surface area contributed by atoms with Gasteiger partial charge in [0.2, 0.25) is 0 Å². The summed E-state index contributed by atoms with van der Waals surface area (Å²) < 4.78 is 28.0. The zero-order valence-electron chi connectivity index (χ0n) is 5.85. The van der Waals surface area contributed by atoms with E-state index in [1.54, 1.807) is 0 Å². The van der Waals surface area contributed by atoms with E-state index in [1.165, 1.54) is 0 Å². The van der Waals surface area contributed by atoms with Crippen LogP contribution in [0.2, 0.25) is 0 Å². The Morgan fingerprint density at radius 3 is 2.40 bits per heavy atom. The minimum atomic E-state index is -2.31. The molecule has 0 aromatic carbocycles. The Kier molecular flexibility index (Phi) is 3.12. The lowest BCUT2D eigenvalue weighted by Gasteiger charge is -2.07. The van der Waals surface area contributed by atoms with Gasteiger partial charge in [-0.3, -0.25) is 8.63 Å². The average molecular weight is 148 g/mol. The highest BCUT2D eigenvalue weighted by Gasteiger charge is 2.19. The van der Waals surface area contributed by atoms with E-state index < -0.39 is 7.27 Å². The largest absolute Gasteiger partial charge is 0.563 e. The lowest BCUT2D eigenvalue weighted by Crippen LogP contribution is -2.16. The highest BCUT2D eigenvalue weighted by atomic mass is 19.2. The topological polar surface area (TPSA) is 9.23 Å². The van der Waals surface area contributed by atoms with Crippen molar-refractivity contribution in [3.63, 3.8) is 0 Å². The first-order chi connectivity index (χ1) is 4.79. The summed E-state index contributed by atoms with van der Waals surface area (Å²) in [5.41, 5.74) is 0. The van der Waals surface area contributed by atoms with E-state index in [0.29, 0.717) is 0 Å². The predicted molar refractivity (Wildman–Crippen MR) is 36.2 cm³/mol. The van der Waals surface area contributed by atoms with Crippen LogP contribution in [0.5, 0.6) is 0 Å². The van der Waals surface area contributed by atoms with Crippen molar-refractivity contribution in [1.29, 1.82) is 0 Å². The average Bonchev–Trinajstić information content (AvgIpc) is 2.34. The molecule has 0 heterocycles. The minimum absolute atomic E-state index is 0.119. The summed E-state index contributed by atoms with van der Waals surface area (Å²) >= 11 is 0. The maximum Gasteiger partial charge on any atom is 0.563 e. The van der Waals surface area contributed by atoms with Crippen LogP contribution in [0, 0.1) is 0 Å². The predicted octanol–water partition coefficient (Wildman–Crippen LogP) is 1.91. The van der Waals surface area contributed by atoms with Crippen LogP contribution in [0.3, 0.4) is 0 Å². The molecule has 1 rings (SSSR count). The van der Waals surface area contributed by atoms with Crippen LogP contribution in [0.4, 0.5) is 8.63 Å². The second kappa shape index (κ2) is 3.91. The molecule has 0 aromatic heterocycles. The van der Waals surface area contributed by atoms with E-state index in [-0.39, 0.29) is 12.6 Å². The van der Waals surface area contributed by atoms with Gasteiger partial charge in [0.15, 0.2) is 0 Å². The molecule has 1 aliphatic rings. The SMILES string of the molecule is FB(F)COC1CCCC1. The monoisotopic (exact) mass is 148 g/mol. The standard InChI is InChI=1S/C6H11BF2O/c8-7(9)5-10-6-3-1-2-4-6/h6H,1-5H2. The first kappa shape index (κ1) is 7.99. The van der Waals surface area contributed by atoms with Gasteiger partial charge in [-0.2, -0.15) is 0 Å². The molecule has 0 aliphatic heterocycles. The molecule has 10 heavy (non-hydrogen) atoms. The van der Waals surface area contributed by atoms with Gasteiger partial charge in [-0.25, -0.2) is 0 Å². The zero-order valence-corrected chi connectivity index (χ0v) is 5.85. The van der Waals surface area contributed by atoms with Crippen LogP contribution in [0.1, 0.15) is 25.7 Å². The quantitative estimate of drug-likeness (QED) is 0.555. The molecule has 0 aromatic rings. The van der Waals surface area contributed by atoms with Crippen molar-refractivity contribution >= 4 is 7.27 Å². The van der Waals surface area contributed by atoms with Gasteiger partial charge >= 0.3 is 7.27 Å². The Labute approximate surface area is 59.9 Å². The third-order valence-electron chi connectivity index (χ3n) is 1.76. The van der Waals surface area contributed by atoms with Crippen LogP contribution >= 0.6 is 0 Å². The molecule has 1 saturated carbocycles. The normalized spacial score (nSPS) is 19.8. The highest BCUT2D eigenvalue weighted by molar-refractivity contribution is 6.42. The second-order valence-electron chi connectivity index (χ2n) is 2.63. The molecule has 0 saturated heterocycles. The molecule has 58 valence electrons. The van der Waals surface area contributed by atoms with Crippen molar-refractivity contribution in [2.24, 2.45) is 0 Å². The Morgan fingerprint density at radius 1 is 1.30 bits per heavy atom. The van der Waals surface area contributed by atoms with Crippen LogP contribution in [-0.2, 0) is 4.74 Å². The highest BCUT2D eigenvalue weighted by Crippen LogP contribution is 2.20. The van der Waals surface area contributed by atoms with Crippen LogP contribution in [-0.4, -0.2) is 19.9 Å². The van der Waals surface area contributed by atoms with Gasteiger partial charge in [0.25, 0.3) is 0 Å². The second-order valence-corrected chi connectivity index (χ2v) is 2.63. The molecule has 1 aliphatic carbocycles. The third-order valence-corrected chi connectivity index (χ3v) is 1.76. The van der Waals surface area contributed by atoms with Gasteiger partial charge in [0, 0.05) is 0 Å². The smallest absolute Gasteiger partial charge is 0.380 e. The molecule has 1 nitrogen and oxygen atoms in total. The molecule has 0 N–H and O–H groups in total. The van der Waals surface area contributed by atoms with Crippen molar-refractivity contribution in [1.82, 2.24) is 0 Å². The van der Waals surface area contributed by atoms with Gasteiger partial charge in [-0.1, -0.05) is 12.8 Å². The maximum atomic E-state index is 11.6. The van der Waals surface area contributed by atoms with Crippen molar-refractivity contribution in [3.05, 3.63) is 0 Å². The van der Waals surface area contributed by atoms with Gasteiger partial charge in [0.05, 0.1) is 12.6 Å². The number of ether oxygens (including phenoxy) is 1. The summed E-state index contributed by atoms with van der Waals surface area (Å²) in [4.78, 5) is 0. The zero-order chi connectivity index (χ0) is 7.40. The summed E-state index contributed by atoms with van der Waals surface area (Å²) in [6.45, 7) is -0.384. The summed E-state index contributed by atoms with van der Waals surface area (Å²) in [5.74, 6) is 0. The summed E-state index contributed by atoms with van der Waals surface area (Å²) in [6, 6.07) is 0. The van der Waals surface area contributed by atoms with Gasteiger partial charge < -0.3 is 4.74 Å². The van der Waals surface area contributed by atoms with E-state index >= 15 is 0 Å². The van der Waals surface area contributed by atoms with E-state index in [9.17, 15) is 8.63 Å². The number of hydrogen-bond donors (Lipinski definition) is 0. The molecule has 1 fully saturated rings. The molecule has 0 spiro atoms. The molecule has 4 heteroatoms. The van der Waals surface area contributed by atoms with Crippen molar-refractivity contribution in [2.75, 3.05) is 6.51 Å². The van der Waals surface area contributed by atoms with Crippen molar-refractivity contribution < 1.29 is 13.4 Å². The molecular formula is C6H11BF2O. The van der Waals surface area contributed by atoms with Gasteiger partial charge in [0.1, 0.15) is 0 Å². The fraction of sp³-hybridized carbons (Fsp3) is 1.00. The third kappa shape index (κ3) is 2.65. The fourth-order valence-electron chi connectivity index (χ4n) is 1.26. The summed E-state index contributed by atoms with van der Waals surface area (Å²) in [6.07, 6.45) is 4.32. The maximum absolute atomic E-state index is 11.6. The Hall–Kier alpha value is -0.115. The first-order valence-electron chi connectivity index (χ1n) is 3.69. The van der Waals surface area contributed by atoms with E-state index in [2.05, 4.69) is 0 Å². The van der Waals surface area contributed by atoms with Crippen LogP contribution in [0.25, 0.3) is 0 Å². The van der Waals surface area contributed by atoms with Crippen molar-refractivity contribution in [2.45, 2.75) is 31.8 Å². The lowest BCUT2D eigenvalue weighted by molar-refractivity contribution is 0.0837.